The summed E-state index contributed by atoms with van der Waals surface area (Å²) in [7, 11) is 0. The Morgan fingerprint density at radius 2 is 2.04 bits per heavy atom. The summed E-state index contributed by atoms with van der Waals surface area (Å²) in [4.78, 5) is 6.84. The molecule has 0 spiro atoms. The molecule has 0 aliphatic heterocycles. The molecule has 2 atom stereocenters. The van der Waals surface area contributed by atoms with Gasteiger partial charge in [0.1, 0.15) is 5.82 Å². The largest absolute Gasteiger partial charge is 0.361 e. The molecule has 0 radical (unpaired) electrons. The molecule has 0 bridgehead atoms. The van der Waals surface area contributed by atoms with Crippen LogP contribution in [0.25, 0.3) is 15.7 Å². The third kappa shape index (κ3) is 2.91. The van der Waals surface area contributed by atoms with Crippen LogP contribution in [0.2, 0.25) is 0 Å². The number of H-pyrrole nitrogens is 1. The predicted octanol–water partition coefficient (Wildman–Crippen LogP) is 4.75. The minimum atomic E-state index is -0.195. The standard InChI is InChI=1S/C20H18FN3/c1-22-16-6-7-20-18(9-16)19(12-24-20)17-8-14(17)11-23-10-13-2-4-15(21)5-3-13/h2-7,9,12,14,17,23-24H,8,10-11H2. The van der Waals surface area contributed by atoms with E-state index in [0.717, 1.165) is 24.2 Å². The van der Waals surface area contributed by atoms with E-state index in [4.69, 9.17) is 6.57 Å². The van der Waals surface area contributed by atoms with Crippen LogP contribution in [0.3, 0.4) is 0 Å². The molecule has 1 aliphatic rings. The summed E-state index contributed by atoms with van der Waals surface area (Å²) in [6.07, 6.45) is 3.26. The number of hydrogen-bond acceptors (Lipinski definition) is 1. The SMILES string of the molecule is [C-]#[N+]c1ccc2[nH]cc(C3CC3CNCc3ccc(F)cc3)c2c1. The van der Waals surface area contributed by atoms with Gasteiger partial charge in [0.05, 0.1) is 6.57 Å². The maximum Gasteiger partial charge on any atom is 0.187 e. The quantitative estimate of drug-likeness (QED) is 0.653. The number of rotatable bonds is 5. The van der Waals surface area contributed by atoms with E-state index in [2.05, 4.69) is 21.3 Å². The summed E-state index contributed by atoms with van der Waals surface area (Å²) >= 11 is 0. The number of nitrogens with zero attached hydrogens (tertiary/aromatic N) is 1. The Balaban J connectivity index is 1.38. The molecular formula is C20H18FN3. The zero-order valence-electron chi connectivity index (χ0n) is 13.2. The molecule has 3 aromatic rings. The first kappa shape index (κ1) is 14.9. The van der Waals surface area contributed by atoms with Crippen LogP contribution in [0.1, 0.15) is 23.5 Å². The van der Waals surface area contributed by atoms with Crippen LogP contribution in [0, 0.1) is 18.3 Å². The summed E-state index contributed by atoms with van der Waals surface area (Å²) in [5.74, 6) is 0.987. The van der Waals surface area contributed by atoms with E-state index < -0.39 is 0 Å². The molecule has 2 aromatic carbocycles. The van der Waals surface area contributed by atoms with Gasteiger partial charge in [-0.1, -0.05) is 18.2 Å². The molecule has 3 nitrogen and oxygen atoms in total. The molecule has 4 rings (SSSR count). The first-order valence-electron chi connectivity index (χ1n) is 8.18. The number of hydrogen-bond donors (Lipinski definition) is 2. The number of aromatic nitrogens is 1. The first-order chi connectivity index (χ1) is 11.7. The van der Waals surface area contributed by atoms with Crippen LogP contribution in [0.5, 0.6) is 0 Å². The van der Waals surface area contributed by atoms with Gasteiger partial charge in [0.2, 0.25) is 0 Å². The fourth-order valence-electron chi connectivity index (χ4n) is 3.36. The molecule has 1 aliphatic carbocycles. The summed E-state index contributed by atoms with van der Waals surface area (Å²) in [6, 6.07) is 12.4. The van der Waals surface area contributed by atoms with Gasteiger partial charge in [0.25, 0.3) is 0 Å². The average Bonchev–Trinajstić information content (AvgIpc) is 3.25. The molecule has 1 fully saturated rings. The molecule has 0 amide bonds. The van der Waals surface area contributed by atoms with E-state index in [1.807, 2.05) is 30.3 Å². The smallest absolute Gasteiger partial charge is 0.187 e. The number of aromatic amines is 1. The number of fused-ring (bicyclic) bond motifs is 1. The third-order valence-corrected chi connectivity index (χ3v) is 4.80. The second kappa shape index (κ2) is 6.10. The molecule has 1 heterocycles. The zero-order valence-corrected chi connectivity index (χ0v) is 13.2. The van der Waals surface area contributed by atoms with Crippen molar-refractivity contribution < 1.29 is 4.39 Å². The lowest BCUT2D eigenvalue weighted by Gasteiger charge is -2.05. The highest BCUT2D eigenvalue weighted by atomic mass is 19.1. The van der Waals surface area contributed by atoms with Crippen molar-refractivity contribution in [1.29, 1.82) is 0 Å². The van der Waals surface area contributed by atoms with Gasteiger partial charge < -0.3 is 10.3 Å². The van der Waals surface area contributed by atoms with Crippen LogP contribution in [-0.4, -0.2) is 11.5 Å². The molecule has 1 saturated carbocycles. The van der Waals surface area contributed by atoms with Gasteiger partial charge in [-0.2, -0.15) is 0 Å². The van der Waals surface area contributed by atoms with Crippen LogP contribution in [0.15, 0.2) is 48.7 Å². The Hall–Kier alpha value is -2.64. The van der Waals surface area contributed by atoms with Gasteiger partial charge >= 0.3 is 0 Å². The van der Waals surface area contributed by atoms with Crippen LogP contribution in [-0.2, 0) is 6.54 Å². The van der Waals surface area contributed by atoms with E-state index in [0.29, 0.717) is 17.5 Å². The summed E-state index contributed by atoms with van der Waals surface area (Å²) < 4.78 is 12.9. The Labute approximate surface area is 140 Å². The lowest BCUT2D eigenvalue weighted by atomic mass is 10.1. The van der Waals surface area contributed by atoms with Crippen LogP contribution < -0.4 is 5.32 Å². The fraction of sp³-hybridized carbons (Fsp3) is 0.250. The molecule has 2 N–H and O–H groups in total. The molecule has 2 unspecified atom stereocenters. The number of halogens is 1. The Morgan fingerprint density at radius 3 is 2.83 bits per heavy atom. The average molecular weight is 319 g/mol. The van der Waals surface area contributed by atoms with Crippen LogP contribution >= 0.6 is 0 Å². The topological polar surface area (TPSA) is 32.2 Å². The van der Waals surface area contributed by atoms with Crippen molar-refractivity contribution in [1.82, 2.24) is 10.3 Å². The van der Waals surface area contributed by atoms with Crippen LogP contribution in [0.4, 0.5) is 10.1 Å². The van der Waals surface area contributed by atoms with Crippen molar-refractivity contribution in [3.8, 4) is 0 Å². The third-order valence-electron chi connectivity index (χ3n) is 4.80. The van der Waals surface area contributed by atoms with Crippen molar-refractivity contribution >= 4 is 16.6 Å². The minimum Gasteiger partial charge on any atom is -0.361 e. The summed E-state index contributed by atoms with van der Waals surface area (Å²) in [5.41, 5.74) is 4.21. The van der Waals surface area contributed by atoms with Gasteiger partial charge in [-0.3, -0.25) is 0 Å². The van der Waals surface area contributed by atoms with E-state index in [-0.39, 0.29) is 5.82 Å². The van der Waals surface area contributed by atoms with Gasteiger partial charge in [0.15, 0.2) is 5.69 Å². The van der Waals surface area contributed by atoms with Gasteiger partial charge in [-0.15, -0.1) is 0 Å². The van der Waals surface area contributed by atoms with Gasteiger partial charge in [-0.25, -0.2) is 9.24 Å². The maximum absolute atomic E-state index is 12.9. The first-order valence-corrected chi connectivity index (χ1v) is 8.18. The minimum absolute atomic E-state index is 0.195. The highest BCUT2D eigenvalue weighted by Crippen LogP contribution is 2.49. The summed E-state index contributed by atoms with van der Waals surface area (Å²) in [6.45, 7) is 8.89. The highest BCUT2D eigenvalue weighted by Gasteiger charge is 2.39. The van der Waals surface area contributed by atoms with Crippen molar-refractivity contribution in [3.05, 3.63) is 77.0 Å². The van der Waals surface area contributed by atoms with E-state index >= 15 is 0 Å². The Bertz CT molecular complexity index is 905. The molecule has 0 saturated heterocycles. The predicted molar refractivity (Wildman–Crippen MR) is 93.5 cm³/mol. The van der Waals surface area contributed by atoms with E-state index in [9.17, 15) is 4.39 Å². The maximum atomic E-state index is 12.9. The van der Waals surface area contributed by atoms with Crippen molar-refractivity contribution in [2.75, 3.05) is 6.54 Å². The Morgan fingerprint density at radius 1 is 1.21 bits per heavy atom. The highest BCUT2D eigenvalue weighted by molar-refractivity contribution is 5.87. The molecule has 24 heavy (non-hydrogen) atoms. The molecule has 120 valence electrons. The lowest BCUT2D eigenvalue weighted by Crippen LogP contribution is -2.16. The molecule has 4 heteroatoms. The van der Waals surface area contributed by atoms with Crippen molar-refractivity contribution in [3.63, 3.8) is 0 Å². The van der Waals surface area contributed by atoms with Gasteiger partial charge in [0, 0.05) is 18.3 Å². The van der Waals surface area contributed by atoms with E-state index in [1.54, 1.807) is 0 Å². The number of benzene rings is 2. The van der Waals surface area contributed by atoms with Crippen molar-refractivity contribution in [2.24, 2.45) is 5.92 Å². The summed E-state index contributed by atoms with van der Waals surface area (Å²) in [5, 5.41) is 4.64. The lowest BCUT2D eigenvalue weighted by molar-refractivity contribution is 0.616. The normalized spacial score (nSPS) is 19.3. The van der Waals surface area contributed by atoms with Gasteiger partial charge in [-0.05, 0) is 65.6 Å². The molecular weight excluding hydrogens is 301 g/mol. The monoisotopic (exact) mass is 319 g/mol. The molecule has 1 aromatic heterocycles. The fourth-order valence-corrected chi connectivity index (χ4v) is 3.36. The van der Waals surface area contributed by atoms with E-state index in [1.165, 1.54) is 29.5 Å². The zero-order chi connectivity index (χ0) is 16.5. The Kier molecular flexibility index (Phi) is 3.79. The number of nitrogens with one attached hydrogen (secondary N) is 2. The second-order valence-electron chi connectivity index (χ2n) is 6.45. The van der Waals surface area contributed by atoms with Crippen molar-refractivity contribution in [2.45, 2.75) is 18.9 Å². The second-order valence-corrected chi connectivity index (χ2v) is 6.45.